The van der Waals surface area contributed by atoms with Crippen LogP contribution in [-0.2, 0) is 30.8 Å². The molecule has 0 aromatic heterocycles. The minimum absolute atomic E-state index is 0.0292. The van der Waals surface area contributed by atoms with Crippen LogP contribution in [0, 0.1) is 11.3 Å². The number of amides is 3. The zero-order valence-corrected chi connectivity index (χ0v) is 24.7. The molecule has 3 N–H and O–H groups in total. The Labute approximate surface area is 232 Å². The van der Waals surface area contributed by atoms with Crippen LogP contribution in [0.25, 0.3) is 0 Å². The van der Waals surface area contributed by atoms with Crippen molar-refractivity contribution in [2.75, 3.05) is 26.4 Å². The van der Waals surface area contributed by atoms with Gasteiger partial charge in [0.2, 0.25) is 27.7 Å². The van der Waals surface area contributed by atoms with Gasteiger partial charge in [-0.05, 0) is 56.2 Å². The van der Waals surface area contributed by atoms with Gasteiger partial charge in [0.15, 0.2) is 0 Å². The van der Waals surface area contributed by atoms with Gasteiger partial charge in [0.25, 0.3) is 0 Å². The van der Waals surface area contributed by atoms with Crippen molar-refractivity contribution in [1.29, 1.82) is 0 Å². The molecule has 11 heteroatoms. The van der Waals surface area contributed by atoms with E-state index < -0.39 is 45.5 Å². The van der Waals surface area contributed by atoms with Crippen LogP contribution in [0.2, 0.25) is 0 Å². The molecule has 0 saturated carbocycles. The number of aryl methyl sites for hydroxylation is 1. The number of carbonyl (C=O) groups is 3. The molecule has 2 saturated heterocycles. The van der Waals surface area contributed by atoms with Crippen LogP contribution < -0.4 is 16.0 Å². The minimum Gasteiger partial charge on any atom is -0.349 e. The number of nitrogens with one attached hydrogen (secondary N) is 3. The summed E-state index contributed by atoms with van der Waals surface area (Å²) in [5.41, 5.74) is 1.71. The standard InChI is InChI=1S/C28H43N5O5S/c1-17(29-5)25(34)31-24(28(2,3)4)27(36)32-15-14-22-23(32)20(16-33(22)39(6,37)38)26(35)30-21-13-9-11-18-10-7-8-12-19(18)21/h7-8,10,12,17,20-24,29H,9,11,13-16H2,1-6H3,(H,30,35)(H,31,34)/t17-,20+,21?,22-,23-,24-/m1/s1. The summed E-state index contributed by atoms with van der Waals surface area (Å²) in [7, 11) is -1.92. The maximum atomic E-state index is 14.1. The first kappa shape index (κ1) is 29.5. The van der Waals surface area contributed by atoms with Crippen molar-refractivity contribution in [3.05, 3.63) is 35.4 Å². The first-order valence-electron chi connectivity index (χ1n) is 13.9. The van der Waals surface area contributed by atoms with Gasteiger partial charge in [-0.25, -0.2) is 8.42 Å². The van der Waals surface area contributed by atoms with E-state index in [0.717, 1.165) is 31.1 Å². The summed E-state index contributed by atoms with van der Waals surface area (Å²) in [5.74, 6) is -1.53. The number of fused-ring (bicyclic) bond motifs is 2. The second-order valence-corrected chi connectivity index (χ2v) is 14.2. The van der Waals surface area contributed by atoms with Gasteiger partial charge >= 0.3 is 0 Å². The number of likely N-dealkylation sites (N-methyl/N-ethyl adjacent to an activating group) is 1. The third kappa shape index (κ3) is 6.00. The van der Waals surface area contributed by atoms with Crippen molar-refractivity contribution >= 4 is 27.7 Å². The highest BCUT2D eigenvalue weighted by Crippen LogP contribution is 2.39. The monoisotopic (exact) mass is 561 g/mol. The van der Waals surface area contributed by atoms with Gasteiger partial charge in [0, 0.05) is 19.1 Å². The van der Waals surface area contributed by atoms with Gasteiger partial charge in [-0.2, -0.15) is 4.31 Å². The van der Waals surface area contributed by atoms with E-state index in [0.29, 0.717) is 13.0 Å². The Hall–Kier alpha value is -2.50. The quantitative estimate of drug-likeness (QED) is 0.459. The first-order valence-corrected chi connectivity index (χ1v) is 15.7. The normalized spacial score (nSPS) is 26.9. The van der Waals surface area contributed by atoms with E-state index in [-0.39, 0.29) is 30.3 Å². The van der Waals surface area contributed by atoms with E-state index in [1.165, 1.54) is 9.87 Å². The molecule has 1 aromatic carbocycles. The summed E-state index contributed by atoms with van der Waals surface area (Å²) in [5, 5.41) is 8.99. The molecule has 6 atom stereocenters. The third-order valence-corrected chi connectivity index (χ3v) is 9.81. The molecule has 0 radical (unpaired) electrons. The van der Waals surface area contributed by atoms with Crippen LogP contribution >= 0.6 is 0 Å². The zero-order chi connectivity index (χ0) is 28.7. The van der Waals surface area contributed by atoms with Crippen molar-refractivity contribution in [3.63, 3.8) is 0 Å². The van der Waals surface area contributed by atoms with Crippen LogP contribution in [0.15, 0.2) is 24.3 Å². The Morgan fingerprint density at radius 3 is 2.44 bits per heavy atom. The molecule has 3 amide bonds. The molecule has 3 aliphatic rings. The van der Waals surface area contributed by atoms with Crippen LogP contribution in [0.1, 0.15) is 64.1 Å². The number of benzene rings is 1. The van der Waals surface area contributed by atoms with Crippen molar-refractivity contribution < 1.29 is 22.8 Å². The van der Waals surface area contributed by atoms with Crippen LogP contribution in [0.4, 0.5) is 0 Å². The van der Waals surface area contributed by atoms with Gasteiger partial charge in [-0.1, -0.05) is 45.0 Å². The number of nitrogens with zero attached hydrogens (tertiary/aromatic N) is 2. The summed E-state index contributed by atoms with van der Waals surface area (Å²) in [4.78, 5) is 42.3. The predicted molar refractivity (Wildman–Crippen MR) is 149 cm³/mol. The molecule has 2 aliphatic heterocycles. The highest BCUT2D eigenvalue weighted by molar-refractivity contribution is 7.88. The Kier molecular flexibility index (Phi) is 8.45. The summed E-state index contributed by atoms with van der Waals surface area (Å²) in [6, 6.07) is 5.53. The molecule has 1 aromatic rings. The topological polar surface area (TPSA) is 128 Å². The lowest BCUT2D eigenvalue weighted by Crippen LogP contribution is -2.59. The summed E-state index contributed by atoms with van der Waals surface area (Å²) >= 11 is 0. The number of hydrogen-bond acceptors (Lipinski definition) is 6. The van der Waals surface area contributed by atoms with Gasteiger partial charge in [0.1, 0.15) is 6.04 Å². The Bertz CT molecular complexity index is 1210. The summed E-state index contributed by atoms with van der Waals surface area (Å²) < 4.78 is 26.9. The van der Waals surface area contributed by atoms with Gasteiger partial charge in [-0.3, -0.25) is 14.4 Å². The zero-order valence-electron chi connectivity index (χ0n) is 23.9. The number of sulfonamides is 1. The number of likely N-dealkylation sites (tertiary alicyclic amines) is 1. The van der Waals surface area contributed by atoms with Crippen molar-refractivity contribution in [1.82, 2.24) is 25.2 Å². The van der Waals surface area contributed by atoms with E-state index in [1.54, 1.807) is 18.9 Å². The molecule has 1 unspecified atom stereocenters. The molecule has 0 bridgehead atoms. The van der Waals surface area contributed by atoms with E-state index >= 15 is 0 Å². The Balaban J connectivity index is 1.62. The Morgan fingerprint density at radius 1 is 1.10 bits per heavy atom. The fraction of sp³-hybridized carbons (Fsp3) is 0.679. The van der Waals surface area contributed by atoms with E-state index in [2.05, 4.69) is 22.0 Å². The predicted octanol–water partition coefficient (Wildman–Crippen LogP) is 1.18. The SMILES string of the molecule is CN[C@H](C)C(=O)N[C@H](C(=O)N1CC[C@@H]2[C@H]1[C@@H](C(=O)NC1CCCc3ccccc31)CN2S(C)(=O)=O)C(C)(C)C. The largest absolute Gasteiger partial charge is 0.349 e. The van der Waals surface area contributed by atoms with Gasteiger partial charge in [0.05, 0.1) is 30.3 Å². The van der Waals surface area contributed by atoms with Gasteiger partial charge in [-0.15, -0.1) is 0 Å². The molecule has 10 nitrogen and oxygen atoms in total. The van der Waals surface area contributed by atoms with E-state index in [9.17, 15) is 22.8 Å². The lowest BCUT2D eigenvalue weighted by atomic mass is 9.84. The molecule has 216 valence electrons. The maximum Gasteiger partial charge on any atom is 0.246 e. The van der Waals surface area contributed by atoms with Crippen LogP contribution in [0.3, 0.4) is 0 Å². The first-order chi connectivity index (χ1) is 18.2. The molecule has 1 aliphatic carbocycles. The minimum atomic E-state index is -3.60. The molecular weight excluding hydrogens is 518 g/mol. The second-order valence-electron chi connectivity index (χ2n) is 12.3. The van der Waals surface area contributed by atoms with Crippen molar-refractivity contribution in [2.45, 2.75) is 83.6 Å². The van der Waals surface area contributed by atoms with Crippen LogP contribution in [-0.4, -0.2) is 85.9 Å². The summed E-state index contributed by atoms with van der Waals surface area (Å²) in [6.07, 6.45) is 4.33. The van der Waals surface area contributed by atoms with Gasteiger partial charge < -0.3 is 20.9 Å². The number of carbonyl (C=O) groups excluding carboxylic acids is 3. The molecule has 4 rings (SSSR count). The fourth-order valence-electron chi connectivity index (χ4n) is 6.31. The van der Waals surface area contributed by atoms with Crippen LogP contribution in [0.5, 0.6) is 0 Å². The Morgan fingerprint density at radius 2 is 1.79 bits per heavy atom. The fourth-order valence-corrected chi connectivity index (χ4v) is 7.46. The summed E-state index contributed by atoms with van der Waals surface area (Å²) in [6.45, 7) is 7.72. The second kappa shape index (κ2) is 11.2. The van der Waals surface area contributed by atoms with E-state index in [4.69, 9.17) is 0 Å². The van der Waals surface area contributed by atoms with Crippen molar-refractivity contribution in [2.24, 2.45) is 11.3 Å². The maximum absolute atomic E-state index is 14.1. The lowest BCUT2D eigenvalue weighted by Gasteiger charge is -2.37. The number of hydrogen-bond donors (Lipinski definition) is 3. The molecular formula is C28H43N5O5S. The average molecular weight is 562 g/mol. The molecule has 2 heterocycles. The molecule has 0 spiro atoms. The highest BCUT2D eigenvalue weighted by atomic mass is 32.2. The third-order valence-electron chi connectivity index (χ3n) is 8.54. The van der Waals surface area contributed by atoms with Crippen molar-refractivity contribution in [3.8, 4) is 0 Å². The smallest absolute Gasteiger partial charge is 0.246 e. The number of rotatable bonds is 7. The van der Waals surface area contributed by atoms with E-state index in [1.807, 2.05) is 39.0 Å². The molecule has 39 heavy (non-hydrogen) atoms. The molecule has 2 fully saturated rings. The highest BCUT2D eigenvalue weighted by Gasteiger charge is 2.56. The average Bonchev–Trinajstić information content (AvgIpc) is 3.46. The lowest BCUT2D eigenvalue weighted by molar-refractivity contribution is -0.142.